The van der Waals surface area contributed by atoms with Crippen molar-refractivity contribution in [2.45, 2.75) is 39.3 Å². The van der Waals surface area contributed by atoms with Crippen LogP contribution in [0.25, 0.3) is 0 Å². The number of furan rings is 1. The average Bonchev–Trinajstić information content (AvgIpc) is 3.02. The Labute approximate surface area is 132 Å². The Morgan fingerprint density at radius 3 is 2.76 bits per heavy atom. The van der Waals surface area contributed by atoms with Crippen molar-refractivity contribution in [2.75, 3.05) is 6.54 Å². The van der Waals surface area contributed by atoms with E-state index >= 15 is 0 Å². The molecule has 3 heterocycles. The van der Waals surface area contributed by atoms with Crippen LogP contribution in [-0.4, -0.2) is 27.1 Å². The van der Waals surface area contributed by atoms with Gasteiger partial charge in [-0.3, -0.25) is 9.48 Å². The molecule has 0 unspecified atom stereocenters. The zero-order valence-corrected chi connectivity index (χ0v) is 14.0. The largest absolute Gasteiger partial charge is 0.444 e. The zero-order chi connectivity index (χ0) is 15.2. The third kappa shape index (κ3) is 2.64. The van der Waals surface area contributed by atoms with Gasteiger partial charge >= 0.3 is 0 Å². The van der Waals surface area contributed by atoms with Crippen molar-refractivity contribution in [1.82, 2.24) is 14.7 Å². The number of hydrogen-bond donors (Lipinski definition) is 0. The van der Waals surface area contributed by atoms with Gasteiger partial charge in [-0.1, -0.05) is 0 Å². The molecule has 3 rings (SSSR count). The summed E-state index contributed by atoms with van der Waals surface area (Å²) < 4.78 is 7.99. The zero-order valence-electron chi connectivity index (χ0n) is 12.4. The molecule has 0 saturated carbocycles. The van der Waals surface area contributed by atoms with Crippen molar-refractivity contribution >= 4 is 21.8 Å². The molecule has 21 heavy (non-hydrogen) atoms. The summed E-state index contributed by atoms with van der Waals surface area (Å²) in [5.41, 5.74) is 2.31. The lowest BCUT2D eigenvalue weighted by atomic mass is 10.0. The van der Waals surface area contributed by atoms with Gasteiger partial charge in [0.15, 0.2) is 10.4 Å². The molecule has 0 fully saturated rings. The minimum Gasteiger partial charge on any atom is -0.444 e. The van der Waals surface area contributed by atoms with Crippen LogP contribution in [0.5, 0.6) is 0 Å². The Kier molecular flexibility index (Phi) is 3.43. The van der Waals surface area contributed by atoms with Crippen LogP contribution in [0.3, 0.4) is 0 Å². The molecule has 0 saturated heterocycles. The van der Waals surface area contributed by atoms with Gasteiger partial charge in [0.2, 0.25) is 0 Å². The van der Waals surface area contributed by atoms with E-state index < -0.39 is 0 Å². The van der Waals surface area contributed by atoms with E-state index in [4.69, 9.17) is 4.42 Å². The van der Waals surface area contributed by atoms with E-state index in [-0.39, 0.29) is 11.4 Å². The Balaban J connectivity index is 1.82. The number of carbonyl (C=O) groups is 1. The lowest BCUT2D eigenvalue weighted by molar-refractivity contribution is 0.0698. The molecule has 0 aliphatic carbocycles. The van der Waals surface area contributed by atoms with Gasteiger partial charge in [-0.15, -0.1) is 0 Å². The second kappa shape index (κ2) is 5.02. The molecular formula is C15H18BrN3O2. The van der Waals surface area contributed by atoms with E-state index in [0.717, 1.165) is 12.0 Å². The second-order valence-corrected chi connectivity index (χ2v) is 7.06. The van der Waals surface area contributed by atoms with Crippen LogP contribution in [0.4, 0.5) is 0 Å². The fourth-order valence-electron chi connectivity index (χ4n) is 2.67. The van der Waals surface area contributed by atoms with Crippen LogP contribution >= 0.6 is 15.9 Å². The number of nitrogens with zero attached hydrogens (tertiary/aromatic N) is 3. The number of hydrogen-bond acceptors (Lipinski definition) is 3. The van der Waals surface area contributed by atoms with Crippen molar-refractivity contribution in [3.8, 4) is 0 Å². The normalized spacial score (nSPS) is 15.1. The number of rotatable bonds is 1. The number of aromatic nitrogens is 2. The number of halogens is 1. The molecule has 2 aromatic heterocycles. The van der Waals surface area contributed by atoms with Crippen molar-refractivity contribution in [3.63, 3.8) is 0 Å². The molecule has 0 atom stereocenters. The first-order valence-corrected chi connectivity index (χ1v) is 7.76. The molecule has 1 aliphatic heterocycles. The Morgan fingerprint density at radius 2 is 2.14 bits per heavy atom. The summed E-state index contributed by atoms with van der Waals surface area (Å²) in [7, 11) is 0. The Bertz CT molecular complexity index is 681. The molecule has 0 aromatic carbocycles. The lowest BCUT2D eigenvalue weighted by Crippen LogP contribution is -2.37. The number of carbonyl (C=O) groups excluding carboxylic acids is 1. The Hall–Kier alpha value is -1.56. The highest BCUT2D eigenvalue weighted by atomic mass is 79.9. The molecule has 0 spiro atoms. The van der Waals surface area contributed by atoms with E-state index in [9.17, 15) is 4.79 Å². The molecule has 1 aliphatic rings. The van der Waals surface area contributed by atoms with Crippen LogP contribution in [0.2, 0.25) is 0 Å². The molecule has 0 radical (unpaired) electrons. The standard InChI is InChI=1S/C15H18BrN3O2/c1-15(2,3)19-11-6-7-18(9-10(11)8-17-19)14(20)12-4-5-13(16)21-12/h4-5,8H,6-7,9H2,1-3H3. The summed E-state index contributed by atoms with van der Waals surface area (Å²) >= 11 is 3.22. The molecule has 6 heteroatoms. The average molecular weight is 352 g/mol. The highest BCUT2D eigenvalue weighted by Gasteiger charge is 2.28. The predicted octanol–water partition coefficient (Wildman–Crippen LogP) is 3.19. The van der Waals surface area contributed by atoms with Gasteiger partial charge in [0.05, 0.1) is 11.7 Å². The SMILES string of the molecule is CC(C)(C)n1ncc2c1CCN(C(=O)c1ccc(Br)o1)C2. The van der Waals surface area contributed by atoms with Crippen LogP contribution in [-0.2, 0) is 18.5 Å². The lowest BCUT2D eigenvalue weighted by Gasteiger charge is -2.29. The van der Waals surface area contributed by atoms with E-state index in [1.807, 2.05) is 11.1 Å². The quantitative estimate of drug-likeness (QED) is 0.792. The van der Waals surface area contributed by atoms with Crippen LogP contribution in [0.1, 0.15) is 42.6 Å². The monoisotopic (exact) mass is 351 g/mol. The second-order valence-electron chi connectivity index (χ2n) is 6.28. The van der Waals surface area contributed by atoms with E-state index in [2.05, 4.69) is 46.5 Å². The van der Waals surface area contributed by atoms with Crippen LogP contribution < -0.4 is 0 Å². The van der Waals surface area contributed by atoms with E-state index in [1.165, 1.54) is 5.69 Å². The summed E-state index contributed by atoms with van der Waals surface area (Å²) in [5, 5.41) is 4.49. The molecule has 0 N–H and O–H groups in total. The molecule has 0 bridgehead atoms. The summed E-state index contributed by atoms with van der Waals surface area (Å²) in [6.45, 7) is 7.68. The van der Waals surface area contributed by atoms with E-state index in [1.54, 1.807) is 12.1 Å². The van der Waals surface area contributed by atoms with Gasteiger partial charge in [0.25, 0.3) is 5.91 Å². The van der Waals surface area contributed by atoms with Crippen LogP contribution in [0, 0.1) is 0 Å². The topological polar surface area (TPSA) is 51.3 Å². The first kappa shape index (κ1) is 14.4. The van der Waals surface area contributed by atoms with Gasteiger partial charge in [-0.25, -0.2) is 0 Å². The van der Waals surface area contributed by atoms with Gasteiger partial charge < -0.3 is 9.32 Å². The molecule has 112 valence electrons. The summed E-state index contributed by atoms with van der Waals surface area (Å²) in [6.07, 6.45) is 2.69. The molecule has 2 aromatic rings. The fraction of sp³-hybridized carbons (Fsp3) is 0.467. The molecule has 5 nitrogen and oxygen atoms in total. The van der Waals surface area contributed by atoms with E-state index in [0.29, 0.717) is 23.5 Å². The maximum Gasteiger partial charge on any atom is 0.289 e. The first-order valence-electron chi connectivity index (χ1n) is 6.97. The number of fused-ring (bicyclic) bond motifs is 1. The highest BCUT2D eigenvalue weighted by molar-refractivity contribution is 9.10. The summed E-state index contributed by atoms with van der Waals surface area (Å²) in [4.78, 5) is 14.2. The molecule has 1 amide bonds. The first-order chi connectivity index (χ1) is 9.86. The van der Waals surface area contributed by atoms with Gasteiger partial charge in [0.1, 0.15) is 0 Å². The number of amides is 1. The minimum atomic E-state index is -0.0742. The van der Waals surface area contributed by atoms with Gasteiger partial charge in [-0.05, 0) is 48.8 Å². The fourth-order valence-corrected chi connectivity index (χ4v) is 2.97. The van der Waals surface area contributed by atoms with Gasteiger partial charge in [0, 0.05) is 30.8 Å². The maximum atomic E-state index is 12.4. The third-order valence-electron chi connectivity index (χ3n) is 3.64. The molecular weight excluding hydrogens is 334 g/mol. The van der Waals surface area contributed by atoms with Crippen molar-refractivity contribution in [1.29, 1.82) is 0 Å². The highest BCUT2D eigenvalue weighted by Crippen LogP contribution is 2.25. The van der Waals surface area contributed by atoms with Crippen LogP contribution in [0.15, 0.2) is 27.4 Å². The van der Waals surface area contributed by atoms with Crippen molar-refractivity contribution in [2.24, 2.45) is 0 Å². The van der Waals surface area contributed by atoms with Gasteiger partial charge in [-0.2, -0.15) is 5.10 Å². The van der Waals surface area contributed by atoms with Crippen molar-refractivity contribution in [3.05, 3.63) is 40.0 Å². The smallest absolute Gasteiger partial charge is 0.289 e. The summed E-state index contributed by atoms with van der Waals surface area (Å²) in [6, 6.07) is 3.43. The van der Waals surface area contributed by atoms with Crippen molar-refractivity contribution < 1.29 is 9.21 Å². The summed E-state index contributed by atoms with van der Waals surface area (Å²) in [5.74, 6) is 0.295. The maximum absolute atomic E-state index is 12.4. The minimum absolute atomic E-state index is 0.0361. The Morgan fingerprint density at radius 1 is 1.38 bits per heavy atom. The third-order valence-corrected chi connectivity index (χ3v) is 4.07. The predicted molar refractivity (Wildman–Crippen MR) is 82.1 cm³/mol.